The molecule has 0 bridgehead atoms. The monoisotopic (exact) mass is 310 g/mol. The van der Waals surface area contributed by atoms with Crippen LogP contribution in [0.25, 0.3) is 0 Å². The fourth-order valence-electron chi connectivity index (χ4n) is 3.33. The lowest BCUT2D eigenvalue weighted by molar-refractivity contribution is 0.0532. The molecule has 1 aromatic carbocycles. The highest BCUT2D eigenvalue weighted by Gasteiger charge is 2.31. The molecule has 2 N–H and O–H groups in total. The van der Waals surface area contributed by atoms with E-state index >= 15 is 0 Å². The van der Waals surface area contributed by atoms with Crippen molar-refractivity contribution in [2.45, 2.75) is 39.0 Å². The van der Waals surface area contributed by atoms with Gasteiger partial charge in [-0.05, 0) is 42.0 Å². The van der Waals surface area contributed by atoms with E-state index in [1.165, 1.54) is 5.56 Å². The lowest BCUT2D eigenvalue weighted by Gasteiger charge is -2.39. The molecule has 0 aromatic heterocycles. The average Bonchev–Trinajstić information content (AvgIpc) is 2.93. The molecular formula is C16H23ClN2O2. The second-order valence-electron chi connectivity index (χ2n) is 5.90. The van der Waals surface area contributed by atoms with Crippen LogP contribution in [0, 0.1) is 5.92 Å². The number of nitrogens with zero attached hydrogens (tertiary/aromatic N) is 1. The van der Waals surface area contributed by atoms with Crippen molar-refractivity contribution in [2.24, 2.45) is 11.7 Å². The van der Waals surface area contributed by atoms with Crippen LogP contribution < -0.4 is 5.73 Å². The van der Waals surface area contributed by atoms with E-state index in [0.717, 1.165) is 30.5 Å². The van der Waals surface area contributed by atoms with E-state index in [0.29, 0.717) is 25.7 Å². The summed E-state index contributed by atoms with van der Waals surface area (Å²) in [6.45, 7) is 4.83. The van der Waals surface area contributed by atoms with Crippen LogP contribution in [-0.4, -0.2) is 29.9 Å². The SMILES string of the molecule is CC1CCCN(C(=O)c2ccc3c(c2)COC3)C1CN.Cl. The van der Waals surface area contributed by atoms with Gasteiger partial charge in [0.15, 0.2) is 0 Å². The van der Waals surface area contributed by atoms with Gasteiger partial charge in [-0.15, -0.1) is 12.4 Å². The first-order valence-corrected chi connectivity index (χ1v) is 7.41. The maximum absolute atomic E-state index is 12.7. The minimum absolute atomic E-state index is 0. The molecule has 1 fully saturated rings. The summed E-state index contributed by atoms with van der Waals surface area (Å²) in [7, 11) is 0. The van der Waals surface area contributed by atoms with Crippen molar-refractivity contribution in [3.8, 4) is 0 Å². The summed E-state index contributed by atoms with van der Waals surface area (Å²) in [5, 5.41) is 0. The minimum atomic E-state index is 0. The van der Waals surface area contributed by atoms with Gasteiger partial charge in [0.25, 0.3) is 5.91 Å². The highest BCUT2D eigenvalue weighted by atomic mass is 35.5. The van der Waals surface area contributed by atoms with Crippen LogP contribution in [0.4, 0.5) is 0 Å². The van der Waals surface area contributed by atoms with E-state index < -0.39 is 0 Å². The van der Waals surface area contributed by atoms with Gasteiger partial charge < -0.3 is 15.4 Å². The van der Waals surface area contributed by atoms with Crippen LogP contribution >= 0.6 is 12.4 Å². The number of rotatable bonds is 2. The second-order valence-corrected chi connectivity index (χ2v) is 5.90. The molecule has 2 heterocycles. The van der Waals surface area contributed by atoms with Crippen LogP contribution in [0.5, 0.6) is 0 Å². The predicted molar refractivity (Wildman–Crippen MR) is 84.5 cm³/mol. The van der Waals surface area contributed by atoms with E-state index in [1.54, 1.807) is 0 Å². The summed E-state index contributed by atoms with van der Waals surface area (Å²) < 4.78 is 5.41. The highest BCUT2D eigenvalue weighted by Crippen LogP contribution is 2.26. The standard InChI is InChI=1S/C16H22N2O2.ClH/c1-11-3-2-6-18(15(11)8-17)16(19)12-4-5-13-9-20-10-14(13)7-12;/h4-5,7,11,15H,2-3,6,8-10,17H2,1H3;1H. The van der Waals surface area contributed by atoms with E-state index in [9.17, 15) is 4.79 Å². The van der Waals surface area contributed by atoms with Crippen molar-refractivity contribution >= 4 is 18.3 Å². The Morgan fingerprint density at radius 3 is 2.90 bits per heavy atom. The molecule has 1 saturated heterocycles. The largest absolute Gasteiger partial charge is 0.372 e. The zero-order valence-electron chi connectivity index (χ0n) is 12.4. The Hall–Kier alpha value is -1.10. The predicted octanol–water partition coefficient (Wildman–Crippen LogP) is 2.34. The Morgan fingerprint density at radius 2 is 2.14 bits per heavy atom. The van der Waals surface area contributed by atoms with Crippen LogP contribution in [0.3, 0.4) is 0 Å². The quantitative estimate of drug-likeness (QED) is 0.912. The lowest BCUT2D eigenvalue weighted by Crippen LogP contribution is -2.51. The molecule has 0 spiro atoms. The van der Waals surface area contributed by atoms with Gasteiger partial charge in [-0.25, -0.2) is 0 Å². The Labute approximate surface area is 132 Å². The third kappa shape index (κ3) is 3.07. The smallest absolute Gasteiger partial charge is 0.254 e. The molecule has 2 aliphatic rings. The summed E-state index contributed by atoms with van der Waals surface area (Å²) in [6, 6.07) is 6.08. The molecule has 116 valence electrons. The molecule has 0 aliphatic carbocycles. The van der Waals surface area contributed by atoms with Crippen LogP contribution in [0.2, 0.25) is 0 Å². The summed E-state index contributed by atoms with van der Waals surface area (Å²) in [5.41, 5.74) is 8.98. The van der Waals surface area contributed by atoms with E-state index in [1.807, 2.05) is 23.1 Å². The van der Waals surface area contributed by atoms with Crippen molar-refractivity contribution < 1.29 is 9.53 Å². The van der Waals surface area contributed by atoms with Gasteiger partial charge in [-0.3, -0.25) is 4.79 Å². The fraction of sp³-hybridized carbons (Fsp3) is 0.562. The number of hydrogen-bond donors (Lipinski definition) is 1. The number of nitrogens with two attached hydrogens (primary N) is 1. The van der Waals surface area contributed by atoms with Gasteiger partial charge in [-0.2, -0.15) is 0 Å². The number of piperidine rings is 1. The topological polar surface area (TPSA) is 55.6 Å². The van der Waals surface area contributed by atoms with Crippen molar-refractivity contribution in [3.05, 3.63) is 34.9 Å². The van der Waals surface area contributed by atoms with Crippen LogP contribution in [0.15, 0.2) is 18.2 Å². The molecule has 5 heteroatoms. The van der Waals surface area contributed by atoms with Crippen LogP contribution in [-0.2, 0) is 18.0 Å². The number of likely N-dealkylation sites (tertiary alicyclic amines) is 1. The summed E-state index contributed by atoms with van der Waals surface area (Å²) in [5.74, 6) is 0.595. The normalized spacial score (nSPS) is 24.4. The summed E-state index contributed by atoms with van der Waals surface area (Å²) in [6.07, 6.45) is 2.22. The van der Waals surface area contributed by atoms with Crippen molar-refractivity contribution in [2.75, 3.05) is 13.1 Å². The molecular weight excluding hydrogens is 288 g/mol. The van der Waals surface area contributed by atoms with Gasteiger partial charge in [0.2, 0.25) is 0 Å². The zero-order chi connectivity index (χ0) is 14.1. The van der Waals surface area contributed by atoms with Gasteiger partial charge in [0.05, 0.1) is 13.2 Å². The number of fused-ring (bicyclic) bond motifs is 1. The van der Waals surface area contributed by atoms with Crippen molar-refractivity contribution in [3.63, 3.8) is 0 Å². The zero-order valence-corrected chi connectivity index (χ0v) is 13.2. The van der Waals surface area contributed by atoms with Crippen molar-refractivity contribution in [1.82, 2.24) is 4.90 Å². The second kappa shape index (κ2) is 6.77. The minimum Gasteiger partial charge on any atom is -0.372 e. The molecule has 2 aliphatic heterocycles. The van der Waals surface area contributed by atoms with Gasteiger partial charge in [-0.1, -0.05) is 13.0 Å². The molecule has 1 aromatic rings. The number of carbonyl (C=O) groups is 1. The first kappa shape index (κ1) is 16.3. The first-order chi connectivity index (χ1) is 9.70. The third-order valence-electron chi connectivity index (χ3n) is 4.59. The van der Waals surface area contributed by atoms with E-state index in [4.69, 9.17) is 10.5 Å². The van der Waals surface area contributed by atoms with Crippen LogP contribution in [0.1, 0.15) is 41.3 Å². The number of amides is 1. The Morgan fingerprint density at radius 1 is 1.38 bits per heavy atom. The third-order valence-corrected chi connectivity index (χ3v) is 4.59. The molecule has 21 heavy (non-hydrogen) atoms. The first-order valence-electron chi connectivity index (χ1n) is 7.41. The van der Waals surface area contributed by atoms with Gasteiger partial charge in [0.1, 0.15) is 0 Å². The Balaban J connectivity index is 0.00000161. The molecule has 2 unspecified atom stereocenters. The Kier molecular flexibility index (Phi) is 5.25. The Bertz CT molecular complexity index is 521. The molecule has 4 nitrogen and oxygen atoms in total. The fourth-order valence-corrected chi connectivity index (χ4v) is 3.33. The molecule has 3 rings (SSSR count). The molecule has 1 amide bonds. The van der Waals surface area contributed by atoms with Gasteiger partial charge in [0, 0.05) is 24.7 Å². The maximum Gasteiger partial charge on any atom is 0.254 e. The number of carbonyl (C=O) groups excluding carboxylic acids is 1. The summed E-state index contributed by atoms with van der Waals surface area (Å²) >= 11 is 0. The number of ether oxygens (including phenoxy) is 1. The molecule has 2 atom stereocenters. The number of halogens is 1. The highest BCUT2D eigenvalue weighted by molar-refractivity contribution is 5.94. The summed E-state index contributed by atoms with van der Waals surface area (Å²) in [4.78, 5) is 14.7. The average molecular weight is 311 g/mol. The molecule has 0 saturated carbocycles. The number of benzene rings is 1. The van der Waals surface area contributed by atoms with Crippen molar-refractivity contribution in [1.29, 1.82) is 0 Å². The maximum atomic E-state index is 12.7. The number of hydrogen-bond acceptors (Lipinski definition) is 3. The lowest BCUT2D eigenvalue weighted by atomic mass is 9.90. The van der Waals surface area contributed by atoms with E-state index in [2.05, 4.69) is 6.92 Å². The van der Waals surface area contributed by atoms with E-state index in [-0.39, 0.29) is 24.4 Å². The molecule has 0 radical (unpaired) electrons. The van der Waals surface area contributed by atoms with Gasteiger partial charge >= 0.3 is 0 Å².